The number of unbranched alkanes of at least 4 members (excludes halogenated alkanes) is 7. The molecule has 0 saturated heterocycles. The number of rotatable bonds is 13. The third kappa shape index (κ3) is 14.9. The van der Waals surface area contributed by atoms with Gasteiger partial charge in [-0.3, -0.25) is 4.79 Å². The predicted octanol–water partition coefficient (Wildman–Crippen LogP) is 4.77. The van der Waals surface area contributed by atoms with Gasteiger partial charge < -0.3 is 5.32 Å². The molecule has 0 atom stereocenters. The van der Waals surface area contributed by atoms with Gasteiger partial charge in [0, 0.05) is 13.0 Å². The first-order valence-corrected chi connectivity index (χ1v) is 7.83. The fourth-order valence-electron chi connectivity index (χ4n) is 1.91. The van der Waals surface area contributed by atoms with Gasteiger partial charge in [-0.05, 0) is 25.7 Å². The summed E-state index contributed by atoms with van der Waals surface area (Å²) in [6.07, 6.45) is 18.0. The average Bonchev–Trinajstić information content (AvgIpc) is 2.42. The van der Waals surface area contributed by atoms with Gasteiger partial charge in [0.2, 0.25) is 5.91 Å². The second-order valence-corrected chi connectivity index (χ2v) is 5.01. The summed E-state index contributed by atoms with van der Waals surface area (Å²) in [5, 5.41) is 2.80. The first-order chi connectivity index (χ1) is 9.31. The van der Waals surface area contributed by atoms with Gasteiger partial charge in [-0.1, -0.05) is 57.3 Å². The Balaban J connectivity index is 3.16. The van der Waals surface area contributed by atoms with Crippen LogP contribution in [-0.4, -0.2) is 12.5 Å². The van der Waals surface area contributed by atoms with Crippen molar-refractivity contribution in [2.24, 2.45) is 0 Å². The molecular weight excluding hydrogens is 234 g/mol. The summed E-state index contributed by atoms with van der Waals surface area (Å²) in [5.74, 6) is 0.152. The molecular formula is C17H31NO. The monoisotopic (exact) mass is 265 g/mol. The Labute approximate surface area is 119 Å². The molecule has 0 aliphatic heterocycles. The number of carbonyl (C=O) groups excluding carboxylic acids is 1. The van der Waals surface area contributed by atoms with Crippen LogP contribution in [-0.2, 0) is 4.79 Å². The van der Waals surface area contributed by atoms with Crippen LogP contribution in [0.25, 0.3) is 0 Å². The van der Waals surface area contributed by atoms with Crippen molar-refractivity contribution in [1.82, 2.24) is 5.32 Å². The second kappa shape index (κ2) is 15.0. The normalized spacial score (nSPS) is 10.8. The molecule has 0 aliphatic rings. The van der Waals surface area contributed by atoms with Crippen molar-refractivity contribution in [3.63, 3.8) is 0 Å². The summed E-state index contributed by atoms with van der Waals surface area (Å²) in [7, 11) is 0. The molecule has 0 bridgehead atoms. The standard InChI is InChI=1S/C17H31NO/c1-3-5-6-7-8-9-10-11-12-13-14-15-17(19)18-16-4-2/h4,7-8H,2-3,5-6,9-16H2,1H3,(H,18,19)/b8-7-. The van der Waals surface area contributed by atoms with E-state index in [1.54, 1.807) is 6.08 Å². The molecule has 1 N–H and O–H groups in total. The van der Waals surface area contributed by atoms with Gasteiger partial charge in [-0.2, -0.15) is 0 Å². The molecule has 0 heterocycles. The number of hydrogen-bond donors (Lipinski definition) is 1. The zero-order valence-electron chi connectivity index (χ0n) is 12.6. The van der Waals surface area contributed by atoms with E-state index >= 15 is 0 Å². The van der Waals surface area contributed by atoms with Crippen molar-refractivity contribution in [3.05, 3.63) is 24.8 Å². The predicted molar refractivity (Wildman–Crippen MR) is 84.2 cm³/mol. The highest BCUT2D eigenvalue weighted by atomic mass is 16.1. The average molecular weight is 265 g/mol. The summed E-state index contributed by atoms with van der Waals surface area (Å²) < 4.78 is 0. The molecule has 2 heteroatoms. The Morgan fingerprint density at radius 2 is 1.63 bits per heavy atom. The lowest BCUT2D eigenvalue weighted by Crippen LogP contribution is -2.22. The first-order valence-electron chi connectivity index (χ1n) is 7.83. The summed E-state index contributed by atoms with van der Waals surface area (Å²) in [6, 6.07) is 0. The molecule has 110 valence electrons. The van der Waals surface area contributed by atoms with Crippen LogP contribution in [0, 0.1) is 0 Å². The van der Waals surface area contributed by atoms with Gasteiger partial charge in [0.05, 0.1) is 0 Å². The van der Waals surface area contributed by atoms with E-state index in [1.165, 1.54) is 51.4 Å². The van der Waals surface area contributed by atoms with E-state index in [-0.39, 0.29) is 5.91 Å². The van der Waals surface area contributed by atoms with Crippen LogP contribution in [0.3, 0.4) is 0 Å². The minimum absolute atomic E-state index is 0.152. The van der Waals surface area contributed by atoms with E-state index in [0.717, 1.165) is 6.42 Å². The van der Waals surface area contributed by atoms with Crippen molar-refractivity contribution >= 4 is 5.91 Å². The number of hydrogen-bond acceptors (Lipinski definition) is 1. The molecule has 1 amide bonds. The van der Waals surface area contributed by atoms with Crippen LogP contribution in [0.4, 0.5) is 0 Å². The molecule has 0 rings (SSSR count). The molecule has 0 fully saturated rings. The highest BCUT2D eigenvalue weighted by molar-refractivity contribution is 5.75. The van der Waals surface area contributed by atoms with E-state index in [1.807, 2.05) is 0 Å². The molecule has 0 aliphatic carbocycles. The summed E-state index contributed by atoms with van der Waals surface area (Å²) in [5.41, 5.74) is 0. The van der Waals surface area contributed by atoms with Crippen LogP contribution >= 0.6 is 0 Å². The minimum atomic E-state index is 0.152. The molecule has 0 aromatic heterocycles. The van der Waals surface area contributed by atoms with Crippen LogP contribution in [0.1, 0.15) is 71.1 Å². The zero-order chi connectivity index (χ0) is 14.2. The third-order valence-corrected chi connectivity index (χ3v) is 3.11. The van der Waals surface area contributed by atoms with Crippen LogP contribution in [0.5, 0.6) is 0 Å². The van der Waals surface area contributed by atoms with Crippen LogP contribution in [0.15, 0.2) is 24.8 Å². The smallest absolute Gasteiger partial charge is 0.220 e. The van der Waals surface area contributed by atoms with Crippen LogP contribution in [0.2, 0.25) is 0 Å². The Morgan fingerprint density at radius 1 is 1.00 bits per heavy atom. The van der Waals surface area contributed by atoms with Crippen molar-refractivity contribution in [2.75, 3.05) is 6.54 Å². The van der Waals surface area contributed by atoms with Gasteiger partial charge >= 0.3 is 0 Å². The Hall–Kier alpha value is -1.05. The Kier molecular flexibility index (Phi) is 14.2. The van der Waals surface area contributed by atoms with Crippen molar-refractivity contribution < 1.29 is 4.79 Å². The number of allylic oxidation sites excluding steroid dienone is 2. The molecule has 19 heavy (non-hydrogen) atoms. The van der Waals surface area contributed by atoms with Gasteiger partial charge in [0.15, 0.2) is 0 Å². The van der Waals surface area contributed by atoms with E-state index in [2.05, 4.69) is 31.0 Å². The first kappa shape index (κ1) is 17.9. The van der Waals surface area contributed by atoms with E-state index in [4.69, 9.17) is 0 Å². The van der Waals surface area contributed by atoms with E-state index < -0.39 is 0 Å². The third-order valence-electron chi connectivity index (χ3n) is 3.11. The lowest BCUT2D eigenvalue weighted by atomic mass is 10.1. The number of nitrogens with one attached hydrogen (secondary N) is 1. The summed E-state index contributed by atoms with van der Waals surface area (Å²) in [6.45, 7) is 6.39. The number of carbonyl (C=O) groups is 1. The van der Waals surface area contributed by atoms with E-state index in [0.29, 0.717) is 13.0 Å². The topological polar surface area (TPSA) is 29.1 Å². The SMILES string of the molecule is C=CCNC(=O)CCCCCCC/C=C\CCCC. The fraction of sp³-hybridized carbons (Fsp3) is 0.706. The summed E-state index contributed by atoms with van der Waals surface area (Å²) in [4.78, 5) is 11.3. The lowest BCUT2D eigenvalue weighted by Gasteiger charge is -2.02. The Morgan fingerprint density at radius 3 is 2.32 bits per heavy atom. The maximum atomic E-state index is 11.3. The van der Waals surface area contributed by atoms with E-state index in [9.17, 15) is 4.79 Å². The highest BCUT2D eigenvalue weighted by Gasteiger charge is 1.98. The largest absolute Gasteiger partial charge is 0.353 e. The van der Waals surface area contributed by atoms with Gasteiger partial charge in [-0.15, -0.1) is 6.58 Å². The Bertz CT molecular complexity index is 246. The van der Waals surface area contributed by atoms with Gasteiger partial charge in [0.25, 0.3) is 0 Å². The zero-order valence-corrected chi connectivity index (χ0v) is 12.6. The number of amides is 1. The minimum Gasteiger partial charge on any atom is -0.353 e. The maximum Gasteiger partial charge on any atom is 0.220 e. The second-order valence-electron chi connectivity index (χ2n) is 5.01. The fourth-order valence-corrected chi connectivity index (χ4v) is 1.91. The van der Waals surface area contributed by atoms with Crippen molar-refractivity contribution in [1.29, 1.82) is 0 Å². The van der Waals surface area contributed by atoms with Gasteiger partial charge in [-0.25, -0.2) is 0 Å². The van der Waals surface area contributed by atoms with Gasteiger partial charge in [0.1, 0.15) is 0 Å². The molecule has 0 radical (unpaired) electrons. The molecule has 0 saturated carbocycles. The molecule has 2 nitrogen and oxygen atoms in total. The lowest BCUT2D eigenvalue weighted by molar-refractivity contribution is -0.121. The quantitative estimate of drug-likeness (QED) is 0.377. The maximum absolute atomic E-state index is 11.3. The molecule has 0 unspecified atom stereocenters. The van der Waals surface area contributed by atoms with Crippen LogP contribution < -0.4 is 5.32 Å². The molecule has 0 spiro atoms. The molecule has 0 aromatic rings. The van der Waals surface area contributed by atoms with Crippen molar-refractivity contribution in [2.45, 2.75) is 71.1 Å². The summed E-state index contributed by atoms with van der Waals surface area (Å²) >= 11 is 0. The highest BCUT2D eigenvalue weighted by Crippen LogP contribution is 2.08. The molecule has 0 aromatic carbocycles. The van der Waals surface area contributed by atoms with Crippen molar-refractivity contribution in [3.8, 4) is 0 Å².